The Balaban J connectivity index is 1.71. The van der Waals surface area contributed by atoms with Gasteiger partial charge in [-0.05, 0) is 52.3 Å². The van der Waals surface area contributed by atoms with Crippen LogP contribution in [0.25, 0.3) is 11.5 Å². The van der Waals surface area contributed by atoms with E-state index in [-0.39, 0.29) is 0 Å². The minimum absolute atomic E-state index is 0.485. The molecule has 1 aromatic heterocycles. The van der Waals surface area contributed by atoms with Crippen LogP contribution < -0.4 is 5.32 Å². The van der Waals surface area contributed by atoms with Crippen molar-refractivity contribution in [2.24, 2.45) is 0 Å². The first kappa shape index (κ1) is 14.3. The summed E-state index contributed by atoms with van der Waals surface area (Å²) in [4.78, 5) is 0. The van der Waals surface area contributed by atoms with Gasteiger partial charge in [0, 0.05) is 14.6 Å². The molecule has 21 heavy (non-hydrogen) atoms. The Kier molecular flexibility index (Phi) is 4.36. The highest BCUT2D eigenvalue weighted by Crippen LogP contribution is 2.26. The lowest BCUT2D eigenvalue weighted by atomic mass is 10.2. The lowest BCUT2D eigenvalue weighted by molar-refractivity contribution is 0.515. The summed E-state index contributed by atoms with van der Waals surface area (Å²) in [5.41, 5.74) is 1.89. The maximum Gasteiger partial charge on any atom is 0.248 e. The van der Waals surface area contributed by atoms with Crippen LogP contribution in [0.1, 0.15) is 5.89 Å². The van der Waals surface area contributed by atoms with Crippen molar-refractivity contribution in [3.8, 4) is 11.5 Å². The molecule has 0 atom stereocenters. The van der Waals surface area contributed by atoms with Gasteiger partial charge in [0.25, 0.3) is 0 Å². The average Bonchev–Trinajstić information content (AvgIpc) is 2.96. The Morgan fingerprint density at radius 1 is 0.952 bits per heavy atom. The van der Waals surface area contributed by atoms with E-state index in [1.165, 1.54) is 0 Å². The first-order valence-electron chi connectivity index (χ1n) is 6.29. The molecule has 0 aliphatic rings. The van der Waals surface area contributed by atoms with Crippen LogP contribution in [-0.4, -0.2) is 10.2 Å². The van der Waals surface area contributed by atoms with Gasteiger partial charge in [0.2, 0.25) is 11.8 Å². The smallest absolute Gasteiger partial charge is 0.248 e. The molecule has 0 radical (unpaired) electrons. The van der Waals surface area contributed by atoms with Gasteiger partial charge >= 0.3 is 0 Å². The number of nitrogens with one attached hydrogen (secondary N) is 1. The third-order valence-corrected chi connectivity index (χ3v) is 4.08. The van der Waals surface area contributed by atoms with Gasteiger partial charge in [-0.3, -0.25) is 0 Å². The van der Waals surface area contributed by atoms with Crippen LogP contribution in [-0.2, 0) is 6.54 Å². The van der Waals surface area contributed by atoms with E-state index in [2.05, 4.69) is 47.4 Å². The lowest BCUT2D eigenvalue weighted by Gasteiger charge is -2.03. The summed E-state index contributed by atoms with van der Waals surface area (Å²) in [7, 11) is 0. The number of hydrogen-bond acceptors (Lipinski definition) is 4. The molecule has 0 saturated carbocycles. The van der Waals surface area contributed by atoms with Gasteiger partial charge in [-0.25, -0.2) is 0 Å². The Labute approximate surface area is 138 Å². The van der Waals surface area contributed by atoms with E-state index >= 15 is 0 Å². The number of halogens is 2. The fourth-order valence-electron chi connectivity index (χ4n) is 1.81. The van der Waals surface area contributed by atoms with Crippen molar-refractivity contribution in [2.45, 2.75) is 6.54 Å². The number of anilines is 1. The van der Waals surface area contributed by atoms with Crippen LogP contribution in [0, 0.1) is 0 Å². The molecule has 106 valence electrons. The molecule has 0 bridgehead atoms. The molecule has 0 spiro atoms. The topological polar surface area (TPSA) is 51.0 Å². The average molecular weight is 409 g/mol. The maximum atomic E-state index is 5.67. The Bertz CT molecular complexity index is 741. The molecule has 0 amide bonds. The molecule has 0 saturated heterocycles. The Morgan fingerprint density at radius 2 is 1.71 bits per heavy atom. The van der Waals surface area contributed by atoms with Crippen molar-refractivity contribution in [1.29, 1.82) is 0 Å². The molecule has 6 heteroatoms. The minimum Gasteiger partial charge on any atom is -0.419 e. The van der Waals surface area contributed by atoms with Gasteiger partial charge in [-0.2, -0.15) is 0 Å². The van der Waals surface area contributed by atoms with Crippen molar-refractivity contribution in [2.75, 3.05) is 5.32 Å². The number of hydrogen-bond donors (Lipinski definition) is 1. The quantitative estimate of drug-likeness (QED) is 0.668. The van der Waals surface area contributed by atoms with Crippen LogP contribution in [0.5, 0.6) is 0 Å². The van der Waals surface area contributed by atoms with E-state index < -0.39 is 0 Å². The number of benzene rings is 2. The Morgan fingerprint density at radius 3 is 2.48 bits per heavy atom. The summed E-state index contributed by atoms with van der Waals surface area (Å²) in [6.45, 7) is 0.485. The van der Waals surface area contributed by atoms with Crippen LogP contribution >= 0.6 is 31.9 Å². The summed E-state index contributed by atoms with van der Waals surface area (Å²) >= 11 is 6.88. The monoisotopic (exact) mass is 407 g/mol. The first-order chi connectivity index (χ1) is 10.2. The highest BCUT2D eigenvalue weighted by Gasteiger charge is 2.10. The van der Waals surface area contributed by atoms with Crippen molar-refractivity contribution in [3.05, 3.63) is 63.4 Å². The van der Waals surface area contributed by atoms with Crippen LogP contribution in [0.2, 0.25) is 0 Å². The predicted molar refractivity (Wildman–Crippen MR) is 88.9 cm³/mol. The minimum atomic E-state index is 0.485. The first-order valence-corrected chi connectivity index (χ1v) is 7.88. The summed E-state index contributed by atoms with van der Waals surface area (Å²) in [6, 6.07) is 15.7. The van der Waals surface area contributed by atoms with Gasteiger partial charge < -0.3 is 9.73 Å². The highest BCUT2D eigenvalue weighted by atomic mass is 79.9. The van der Waals surface area contributed by atoms with Crippen molar-refractivity contribution in [1.82, 2.24) is 10.2 Å². The second-order valence-corrected chi connectivity index (χ2v) is 6.11. The highest BCUT2D eigenvalue weighted by molar-refractivity contribution is 9.10. The molecule has 2 aromatic carbocycles. The summed E-state index contributed by atoms with van der Waals surface area (Å²) in [5, 5.41) is 11.4. The zero-order valence-electron chi connectivity index (χ0n) is 10.9. The molecule has 3 aromatic rings. The number of nitrogens with zero attached hydrogens (tertiary/aromatic N) is 2. The second kappa shape index (κ2) is 6.41. The molecule has 0 aliphatic heterocycles. The number of aromatic nitrogens is 2. The van der Waals surface area contributed by atoms with Gasteiger partial charge in [0.15, 0.2) is 0 Å². The van der Waals surface area contributed by atoms with Gasteiger partial charge in [0.1, 0.15) is 0 Å². The van der Waals surface area contributed by atoms with Crippen LogP contribution in [0.4, 0.5) is 5.69 Å². The van der Waals surface area contributed by atoms with Gasteiger partial charge in [-0.15, -0.1) is 10.2 Å². The second-order valence-electron chi connectivity index (χ2n) is 4.34. The van der Waals surface area contributed by atoms with Gasteiger partial charge in [0.05, 0.1) is 12.1 Å². The van der Waals surface area contributed by atoms with Crippen LogP contribution in [0.15, 0.2) is 61.9 Å². The fraction of sp³-hybridized carbons (Fsp3) is 0.0667. The summed E-state index contributed by atoms with van der Waals surface area (Å²) in [5.74, 6) is 1.05. The molecule has 4 nitrogen and oxygen atoms in total. The molecule has 1 heterocycles. The van der Waals surface area contributed by atoms with E-state index in [9.17, 15) is 0 Å². The van der Waals surface area contributed by atoms with Crippen molar-refractivity contribution < 1.29 is 4.42 Å². The van der Waals surface area contributed by atoms with E-state index in [1.807, 2.05) is 48.5 Å². The van der Waals surface area contributed by atoms with E-state index in [0.29, 0.717) is 18.3 Å². The zero-order chi connectivity index (χ0) is 14.7. The number of rotatable bonds is 4. The molecule has 3 rings (SSSR count). The largest absolute Gasteiger partial charge is 0.419 e. The third kappa shape index (κ3) is 3.51. The van der Waals surface area contributed by atoms with Crippen molar-refractivity contribution in [3.63, 3.8) is 0 Å². The molecule has 0 unspecified atom stereocenters. The lowest BCUT2D eigenvalue weighted by Crippen LogP contribution is -1.99. The standard InChI is InChI=1S/C15H11Br2N3O/c16-10-5-7-11(8-6-10)18-9-14-19-20-15(21-14)12-3-1-2-4-13(12)17/h1-8,18H,9H2. The SMILES string of the molecule is Brc1ccc(NCc2nnc(-c3ccccc3Br)o2)cc1. The fourth-order valence-corrected chi connectivity index (χ4v) is 2.53. The molecule has 0 aliphatic carbocycles. The third-order valence-electron chi connectivity index (χ3n) is 2.86. The zero-order valence-corrected chi connectivity index (χ0v) is 14.1. The Hall–Kier alpha value is -1.66. The van der Waals surface area contributed by atoms with E-state index in [1.54, 1.807) is 0 Å². The molecular weight excluding hydrogens is 398 g/mol. The molecular formula is C15H11Br2N3O. The summed E-state index contributed by atoms with van der Waals surface area (Å²) < 4.78 is 7.65. The maximum absolute atomic E-state index is 5.67. The van der Waals surface area contributed by atoms with Crippen molar-refractivity contribution >= 4 is 37.5 Å². The van der Waals surface area contributed by atoms with Crippen LogP contribution in [0.3, 0.4) is 0 Å². The predicted octanol–water partition coefficient (Wildman–Crippen LogP) is 4.87. The van der Waals surface area contributed by atoms with E-state index in [0.717, 1.165) is 20.2 Å². The molecule has 0 fully saturated rings. The summed E-state index contributed by atoms with van der Waals surface area (Å²) in [6.07, 6.45) is 0. The van der Waals surface area contributed by atoms with Gasteiger partial charge in [-0.1, -0.05) is 28.1 Å². The normalized spacial score (nSPS) is 10.6. The molecule has 1 N–H and O–H groups in total. The van der Waals surface area contributed by atoms with E-state index in [4.69, 9.17) is 4.42 Å².